The zero-order valence-corrected chi connectivity index (χ0v) is 12.5. The van der Waals surface area contributed by atoms with Crippen LogP contribution in [-0.2, 0) is 6.42 Å². The Morgan fingerprint density at radius 3 is 2.55 bits per heavy atom. The van der Waals surface area contributed by atoms with Crippen LogP contribution in [0, 0.1) is 5.92 Å². The Bertz CT molecular complexity index is 454. The van der Waals surface area contributed by atoms with E-state index in [9.17, 15) is 0 Å². The summed E-state index contributed by atoms with van der Waals surface area (Å²) in [4.78, 5) is 11.7. The monoisotopic (exact) mass is 275 g/mol. The van der Waals surface area contributed by atoms with Gasteiger partial charge in [-0.3, -0.25) is 0 Å². The van der Waals surface area contributed by atoms with Gasteiger partial charge < -0.3 is 15.5 Å². The molecule has 0 saturated carbocycles. The molecule has 5 nitrogen and oxygen atoms in total. The van der Waals surface area contributed by atoms with Crippen LogP contribution in [0.1, 0.15) is 32.5 Å². The first kappa shape index (κ1) is 13.6. The van der Waals surface area contributed by atoms with Crippen LogP contribution < -0.4 is 10.6 Å². The SMILES string of the molecule is CCNc1cc(NC2CN3CCC2CC3)nc(CC)n1. The zero-order chi connectivity index (χ0) is 13.9. The van der Waals surface area contributed by atoms with Crippen molar-refractivity contribution in [2.75, 3.05) is 36.8 Å². The summed E-state index contributed by atoms with van der Waals surface area (Å²) in [6.07, 6.45) is 3.51. The fourth-order valence-electron chi connectivity index (χ4n) is 3.32. The Kier molecular flexibility index (Phi) is 4.05. The first-order valence-corrected chi connectivity index (χ1v) is 7.89. The van der Waals surface area contributed by atoms with E-state index in [4.69, 9.17) is 0 Å². The Morgan fingerprint density at radius 1 is 1.20 bits per heavy atom. The fraction of sp³-hybridized carbons (Fsp3) is 0.733. The number of fused-ring (bicyclic) bond motifs is 3. The molecule has 4 heterocycles. The van der Waals surface area contributed by atoms with E-state index < -0.39 is 0 Å². The number of nitrogens with one attached hydrogen (secondary N) is 2. The maximum absolute atomic E-state index is 4.63. The van der Waals surface area contributed by atoms with Crippen LogP contribution in [0.25, 0.3) is 0 Å². The van der Waals surface area contributed by atoms with Crippen LogP contribution in [0.5, 0.6) is 0 Å². The number of aromatic nitrogens is 2. The summed E-state index contributed by atoms with van der Waals surface area (Å²) in [5.41, 5.74) is 0. The molecule has 1 aromatic heterocycles. The van der Waals surface area contributed by atoms with Gasteiger partial charge in [0.25, 0.3) is 0 Å². The minimum Gasteiger partial charge on any atom is -0.370 e. The molecule has 0 radical (unpaired) electrons. The Labute approximate surface area is 121 Å². The third-order valence-electron chi connectivity index (χ3n) is 4.44. The average molecular weight is 275 g/mol. The number of rotatable bonds is 5. The molecule has 5 heteroatoms. The minimum atomic E-state index is 0.548. The van der Waals surface area contributed by atoms with Gasteiger partial charge in [-0.2, -0.15) is 0 Å². The second-order valence-corrected chi connectivity index (χ2v) is 5.83. The Morgan fingerprint density at radius 2 is 1.95 bits per heavy atom. The highest BCUT2D eigenvalue weighted by atomic mass is 15.2. The Balaban J connectivity index is 1.74. The molecule has 2 N–H and O–H groups in total. The lowest BCUT2D eigenvalue weighted by atomic mass is 9.84. The maximum Gasteiger partial charge on any atom is 0.132 e. The molecule has 2 bridgehead atoms. The first-order valence-electron chi connectivity index (χ1n) is 7.89. The molecule has 0 amide bonds. The molecule has 1 unspecified atom stereocenters. The molecular formula is C15H25N5. The largest absolute Gasteiger partial charge is 0.370 e. The predicted octanol–water partition coefficient (Wildman–Crippen LogP) is 1.98. The minimum absolute atomic E-state index is 0.548. The second kappa shape index (κ2) is 5.95. The highest BCUT2D eigenvalue weighted by Gasteiger charge is 2.34. The van der Waals surface area contributed by atoms with Crippen LogP contribution in [0.3, 0.4) is 0 Å². The number of piperidine rings is 3. The van der Waals surface area contributed by atoms with Crippen LogP contribution in [0.2, 0.25) is 0 Å². The van der Waals surface area contributed by atoms with Gasteiger partial charge in [0, 0.05) is 31.6 Å². The quantitative estimate of drug-likeness (QED) is 0.860. The summed E-state index contributed by atoms with van der Waals surface area (Å²) in [6, 6.07) is 2.59. The van der Waals surface area contributed by atoms with Gasteiger partial charge in [0.1, 0.15) is 17.5 Å². The van der Waals surface area contributed by atoms with E-state index in [1.807, 2.05) is 6.07 Å². The molecule has 3 aliphatic heterocycles. The van der Waals surface area contributed by atoms with Crippen molar-refractivity contribution in [1.82, 2.24) is 14.9 Å². The Hall–Kier alpha value is -1.36. The van der Waals surface area contributed by atoms with Gasteiger partial charge in [0.05, 0.1) is 0 Å². The molecule has 3 fully saturated rings. The lowest BCUT2D eigenvalue weighted by Crippen LogP contribution is -2.53. The van der Waals surface area contributed by atoms with Gasteiger partial charge >= 0.3 is 0 Å². The van der Waals surface area contributed by atoms with E-state index in [-0.39, 0.29) is 0 Å². The topological polar surface area (TPSA) is 53.1 Å². The summed E-state index contributed by atoms with van der Waals surface area (Å²) >= 11 is 0. The lowest BCUT2D eigenvalue weighted by molar-refractivity contribution is 0.0974. The molecule has 1 atom stereocenters. The van der Waals surface area contributed by atoms with Crippen molar-refractivity contribution in [3.8, 4) is 0 Å². The molecule has 0 aliphatic carbocycles. The van der Waals surface area contributed by atoms with Crippen molar-refractivity contribution < 1.29 is 0 Å². The van der Waals surface area contributed by atoms with E-state index in [0.29, 0.717) is 6.04 Å². The number of nitrogens with zero attached hydrogens (tertiary/aromatic N) is 3. The van der Waals surface area contributed by atoms with Gasteiger partial charge in [-0.05, 0) is 38.8 Å². The van der Waals surface area contributed by atoms with Crippen molar-refractivity contribution in [1.29, 1.82) is 0 Å². The van der Waals surface area contributed by atoms with Crippen LogP contribution in [-0.4, -0.2) is 47.1 Å². The lowest BCUT2D eigenvalue weighted by Gasteiger charge is -2.45. The average Bonchev–Trinajstić information content (AvgIpc) is 2.48. The van der Waals surface area contributed by atoms with Crippen molar-refractivity contribution in [2.45, 2.75) is 39.2 Å². The van der Waals surface area contributed by atoms with E-state index in [1.165, 1.54) is 25.9 Å². The highest BCUT2D eigenvalue weighted by molar-refractivity contribution is 5.48. The third kappa shape index (κ3) is 2.87. The van der Waals surface area contributed by atoms with Crippen molar-refractivity contribution in [2.24, 2.45) is 5.92 Å². The molecule has 3 saturated heterocycles. The van der Waals surface area contributed by atoms with Crippen LogP contribution >= 0.6 is 0 Å². The highest BCUT2D eigenvalue weighted by Crippen LogP contribution is 2.29. The van der Waals surface area contributed by atoms with Crippen molar-refractivity contribution in [3.05, 3.63) is 11.9 Å². The second-order valence-electron chi connectivity index (χ2n) is 5.83. The number of hydrogen-bond donors (Lipinski definition) is 2. The molecule has 4 rings (SSSR count). The molecule has 1 aromatic rings. The number of hydrogen-bond acceptors (Lipinski definition) is 5. The molecule has 0 aromatic carbocycles. The normalized spacial score (nSPS) is 28.4. The van der Waals surface area contributed by atoms with E-state index in [1.54, 1.807) is 0 Å². The first-order chi connectivity index (χ1) is 9.78. The zero-order valence-electron chi connectivity index (χ0n) is 12.5. The van der Waals surface area contributed by atoms with E-state index in [2.05, 4.69) is 39.3 Å². The van der Waals surface area contributed by atoms with Crippen LogP contribution in [0.15, 0.2) is 6.07 Å². The number of aryl methyl sites for hydroxylation is 1. The summed E-state index contributed by atoms with van der Waals surface area (Å²) in [7, 11) is 0. The number of anilines is 2. The molecule has 110 valence electrons. The summed E-state index contributed by atoms with van der Waals surface area (Å²) in [6.45, 7) is 8.79. The smallest absolute Gasteiger partial charge is 0.132 e. The maximum atomic E-state index is 4.63. The summed E-state index contributed by atoms with van der Waals surface area (Å²) in [5.74, 6) is 3.63. The standard InChI is InChI=1S/C15H25N5/c1-3-13-18-14(16-4-2)9-15(19-13)17-12-10-20-7-5-11(12)6-8-20/h9,11-12H,3-8,10H2,1-2H3,(H2,16,17,18,19). The van der Waals surface area contributed by atoms with Gasteiger partial charge in [-0.1, -0.05) is 6.92 Å². The molecule has 0 spiro atoms. The van der Waals surface area contributed by atoms with Crippen LogP contribution in [0.4, 0.5) is 11.6 Å². The van der Waals surface area contributed by atoms with E-state index >= 15 is 0 Å². The van der Waals surface area contributed by atoms with Gasteiger partial charge in [0.15, 0.2) is 0 Å². The molecular weight excluding hydrogens is 250 g/mol. The molecule has 20 heavy (non-hydrogen) atoms. The van der Waals surface area contributed by atoms with E-state index in [0.717, 1.165) is 42.9 Å². The molecule has 3 aliphatic rings. The van der Waals surface area contributed by atoms with Gasteiger partial charge in [-0.25, -0.2) is 9.97 Å². The third-order valence-corrected chi connectivity index (χ3v) is 4.44. The fourth-order valence-corrected chi connectivity index (χ4v) is 3.32. The summed E-state index contributed by atoms with van der Waals surface area (Å²) in [5, 5.41) is 6.95. The predicted molar refractivity (Wildman–Crippen MR) is 82.1 cm³/mol. The van der Waals surface area contributed by atoms with Crippen molar-refractivity contribution >= 4 is 11.6 Å². The van der Waals surface area contributed by atoms with Gasteiger partial charge in [0.2, 0.25) is 0 Å². The van der Waals surface area contributed by atoms with Gasteiger partial charge in [-0.15, -0.1) is 0 Å². The van der Waals surface area contributed by atoms with Crippen molar-refractivity contribution in [3.63, 3.8) is 0 Å². The summed E-state index contributed by atoms with van der Waals surface area (Å²) < 4.78 is 0.